The van der Waals surface area contributed by atoms with Crippen LogP contribution >= 0.6 is 24.8 Å². The number of halogens is 2. The lowest BCUT2D eigenvalue weighted by molar-refractivity contribution is -0.121. The lowest BCUT2D eigenvalue weighted by atomic mass is 10.0. The third-order valence-electron chi connectivity index (χ3n) is 3.68. The number of hydrogen-bond donors (Lipinski definition) is 2. The van der Waals surface area contributed by atoms with E-state index in [0.29, 0.717) is 19.4 Å². The number of carbonyl (C=O) groups excluding carboxylic acids is 1. The molecule has 1 aliphatic heterocycles. The van der Waals surface area contributed by atoms with Gasteiger partial charge < -0.3 is 10.3 Å². The van der Waals surface area contributed by atoms with Crippen molar-refractivity contribution in [1.82, 2.24) is 15.0 Å². The number of rotatable bonds is 5. The van der Waals surface area contributed by atoms with Gasteiger partial charge in [-0.05, 0) is 37.1 Å². The summed E-state index contributed by atoms with van der Waals surface area (Å²) in [5.41, 5.74) is 12.1. The van der Waals surface area contributed by atoms with Gasteiger partial charge in [-0.25, -0.2) is 10.4 Å². The standard InChI is InChI=1S/C16H19N5O.2ClH/c17-9-1-2-13-10-21(11-18-13)14-5-3-12(4-6-14)15-7-8-16(22)20-19-15;;/h3-6,10-11H,1-2,7-9,17H2,(H,20,22);2*1H. The van der Waals surface area contributed by atoms with Crippen molar-refractivity contribution in [2.24, 2.45) is 10.8 Å². The number of hydrazone groups is 1. The molecule has 130 valence electrons. The van der Waals surface area contributed by atoms with Gasteiger partial charge in [0, 0.05) is 24.7 Å². The second-order valence-electron chi connectivity index (χ2n) is 5.30. The van der Waals surface area contributed by atoms with Crippen LogP contribution in [0.25, 0.3) is 5.69 Å². The maximum atomic E-state index is 11.1. The summed E-state index contributed by atoms with van der Waals surface area (Å²) in [4.78, 5) is 15.5. The summed E-state index contributed by atoms with van der Waals surface area (Å²) in [6.07, 6.45) is 6.87. The van der Waals surface area contributed by atoms with Crippen LogP contribution in [0.2, 0.25) is 0 Å². The van der Waals surface area contributed by atoms with Gasteiger partial charge in [-0.15, -0.1) is 24.8 Å². The number of aromatic nitrogens is 2. The molecule has 1 aliphatic rings. The van der Waals surface area contributed by atoms with Crippen LogP contribution in [-0.4, -0.2) is 27.7 Å². The molecular weight excluding hydrogens is 349 g/mol. The van der Waals surface area contributed by atoms with Gasteiger partial charge in [0.25, 0.3) is 0 Å². The highest BCUT2D eigenvalue weighted by atomic mass is 35.5. The number of nitrogens with zero attached hydrogens (tertiary/aromatic N) is 3. The summed E-state index contributed by atoms with van der Waals surface area (Å²) in [6, 6.07) is 8.10. The number of nitrogens with two attached hydrogens (primary N) is 1. The number of imidazole rings is 1. The molecule has 0 atom stereocenters. The van der Waals surface area contributed by atoms with Crippen molar-refractivity contribution in [1.29, 1.82) is 0 Å². The lowest BCUT2D eigenvalue weighted by Gasteiger charge is -2.12. The Labute approximate surface area is 153 Å². The number of aryl methyl sites for hydroxylation is 1. The number of carbonyl (C=O) groups is 1. The topological polar surface area (TPSA) is 85.3 Å². The third-order valence-corrected chi connectivity index (χ3v) is 3.68. The van der Waals surface area contributed by atoms with E-state index in [0.717, 1.165) is 35.5 Å². The Morgan fingerprint density at radius 1 is 1.17 bits per heavy atom. The van der Waals surface area contributed by atoms with Crippen molar-refractivity contribution in [3.05, 3.63) is 48.0 Å². The molecule has 0 spiro atoms. The predicted octanol–water partition coefficient (Wildman–Crippen LogP) is 2.22. The maximum Gasteiger partial charge on any atom is 0.240 e. The minimum atomic E-state index is -0.0243. The lowest BCUT2D eigenvalue weighted by Crippen LogP contribution is -2.25. The van der Waals surface area contributed by atoms with Gasteiger partial charge in [-0.2, -0.15) is 5.10 Å². The fourth-order valence-corrected chi connectivity index (χ4v) is 2.43. The summed E-state index contributed by atoms with van der Waals surface area (Å²) in [5, 5.41) is 4.11. The first-order valence-electron chi connectivity index (χ1n) is 7.45. The van der Waals surface area contributed by atoms with Crippen LogP contribution < -0.4 is 11.2 Å². The largest absolute Gasteiger partial charge is 0.330 e. The summed E-state index contributed by atoms with van der Waals surface area (Å²) in [5.74, 6) is -0.0243. The molecule has 6 nitrogen and oxygen atoms in total. The van der Waals surface area contributed by atoms with E-state index in [-0.39, 0.29) is 30.7 Å². The van der Waals surface area contributed by atoms with Crippen molar-refractivity contribution in [3.63, 3.8) is 0 Å². The molecule has 3 rings (SSSR count). The molecule has 24 heavy (non-hydrogen) atoms. The van der Waals surface area contributed by atoms with Crippen molar-refractivity contribution in [3.8, 4) is 5.69 Å². The SMILES string of the molecule is Cl.Cl.NCCCc1cn(-c2ccc(C3=NNC(=O)CC3)cc2)cn1. The molecule has 8 heteroatoms. The van der Waals surface area contributed by atoms with Crippen LogP contribution in [0.15, 0.2) is 41.9 Å². The molecule has 0 saturated heterocycles. The average Bonchev–Trinajstić information content (AvgIpc) is 3.03. The van der Waals surface area contributed by atoms with E-state index in [1.54, 1.807) is 0 Å². The molecular formula is C16H21Cl2N5O. The maximum absolute atomic E-state index is 11.1. The summed E-state index contributed by atoms with van der Waals surface area (Å²) >= 11 is 0. The Morgan fingerprint density at radius 3 is 2.54 bits per heavy atom. The Bertz CT molecular complexity index is 697. The Hall–Kier alpha value is -1.89. The van der Waals surface area contributed by atoms with Crippen molar-refractivity contribution in [2.45, 2.75) is 25.7 Å². The molecule has 1 amide bonds. The van der Waals surface area contributed by atoms with Crippen LogP contribution in [0, 0.1) is 0 Å². The van der Waals surface area contributed by atoms with E-state index in [1.807, 2.05) is 41.4 Å². The van der Waals surface area contributed by atoms with Crippen molar-refractivity contribution in [2.75, 3.05) is 6.54 Å². The second kappa shape index (κ2) is 9.42. The minimum absolute atomic E-state index is 0. The van der Waals surface area contributed by atoms with Crippen LogP contribution in [0.1, 0.15) is 30.5 Å². The average molecular weight is 370 g/mol. The quantitative estimate of drug-likeness (QED) is 0.846. The molecule has 0 saturated carbocycles. The van der Waals surface area contributed by atoms with Gasteiger partial charge in [0.1, 0.15) is 0 Å². The summed E-state index contributed by atoms with van der Waals surface area (Å²) in [7, 11) is 0. The zero-order valence-electron chi connectivity index (χ0n) is 13.1. The fourth-order valence-electron chi connectivity index (χ4n) is 2.43. The molecule has 0 unspecified atom stereocenters. The molecule has 2 heterocycles. The molecule has 1 aromatic carbocycles. The first-order valence-corrected chi connectivity index (χ1v) is 7.45. The molecule has 0 radical (unpaired) electrons. The van der Waals surface area contributed by atoms with Gasteiger partial charge in [-0.3, -0.25) is 4.79 Å². The Kier molecular flexibility index (Phi) is 7.91. The molecule has 0 bridgehead atoms. The summed E-state index contributed by atoms with van der Waals surface area (Å²) in [6.45, 7) is 0.681. The van der Waals surface area contributed by atoms with E-state index in [4.69, 9.17) is 5.73 Å². The van der Waals surface area contributed by atoms with Gasteiger partial charge >= 0.3 is 0 Å². The van der Waals surface area contributed by atoms with Gasteiger partial charge in [-0.1, -0.05) is 12.1 Å². The Morgan fingerprint density at radius 2 is 1.92 bits per heavy atom. The smallest absolute Gasteiger partial charge is 0.240 e. The number of benzene rings is 1. The van der Waals surface area contributed by atoms with E-state index < -0.39 is 0 Å². The van der Waals surface area contributed by atoms with E-state index in [1.165, 1.54) is 0 Å². The fraction of sp³-hybridized carbons (Fsp3) is 0.312. The predicted molar refractivity (Wildman–Crippen MR) is 99.3 cm³/mol. The first kappa shape index (κ1) is 20.2. The van der Waals surface area contributed by atoms with Crippen LogP contribution in [0.3, 0.4) is 0 Å². The minimum Gasteiger partial charge on any atom is -0.330 e. The van der Waals surface area contributed by atoms with Gasteiger partial charge in [0.05, 0.1) is 17.7 Å². The normalized spacial score (nSPS) is 13.4. The molecule has 0 fully saturated rings. The van der Waals surface area contributed by atoms with Crippen LogP contribution in [0.4, 0.5) is 0 Å². The number of nitrogens with one attached hydrogen (secondary N) is 1. The Balaban J connectivity index is 0.00000144. The number of hydrogen-bond acceptors (Lipinski definition) is 4. The zero-order valence-corrected chi connectivity index (χ0v) is 14.8. The molecule has 2 aromatic rings. The highest BCUT2D eigenvalue weighted by Crippen LogP contribution is 2.15. The van der Waals surface area contributed by atoms with E-state index in [9.17, 15) is 4.79 Å². The molecule has 0 aliphatic carbocycles. The second-order valence-corrected chi connectivity index (χ2v) is 5.30. The first-order chi connectivity index (χ1) is 10.8. The van der Waals surface area contributed by atoms with Gasteiger partial charge in [0.15, 0.2) is 0 Å². The van der Waals surface area contributed by atoms with E-state index in [2.05, 4.69) is 15.5 Å². The third kappa shape index (κ3) is 4.80. The van der Waals surface area contributed by atoms with Gasteiger partial charge in [0.2, 0.25) is 5.91 Å². The highest BCUT2D eigenvalue weighted by molar-refractivity contribution is 6.04. The summed E-state index contributed by atoms with van der Waals surface area (Å²) < 4.78 is 2.00. The van der Waals surface area contributed by atoms with Crippen molar-refractivity contribution < 1.29 is 4.79 Å². The van der Waals surface area contributed by atoms with Crippen molar-refractivity contribution >= 4 is 36.4 Å². The van der Waals surface area contributed by atoms with Crippen LogP contribution in [0.5, 0.6) is 0 Å². The highest BCUT2D eigenvalue weighted by Gasteiger charge is 2.13. The monoisotopic (exact) mass is 369 g/mol. The molecule has 3 N–H and O–H groups in total. The van der Waals surface area contributed by atoms with Crippen LogP contribution in [-0.2, 0) is 11.2 Å². The van der Waals surface area contributed by atoms with E-state index >= 15 is 0 Å². The molecule has 1 aromatic heterocycles. The zero-order chi connectivity index (χ0) is 15.4. The number of amides is 1.